The third kappa shape index (κ3) is 4.72. The fraction of sp³-hybridized carbons (Fsp3) is 0.545. The van der Waals surface area contributed by atoms with Crippen molar-refractivity contribution in [3.05, 3.63) is 33.9 Å². The van der Waals surface area contributed by atoms with E-state index in [-0.39, 0.29) is 23.8 Å². The van der Waals surface area contributed by atoms with Gasteiger partial charge in [0.25, 0.3) is 0 Å². The van der Waals surface area contributed by atoms with Crippen LogP contribution in [-0.2, 0) is 27.3 Å². The number of hydrogen-bond acceptors (Lipinski definition) is 6. The molecular formula is C22H29NO6. The van der Waals surface area contributed by atoms with E-state index in [1.165, 1.54) is 0 Å². The summed E-state index contributed by atoms with van der Waals surface area (Å²) in [5.41, 5.74) is 3.32. The van der Waals surface area contributed by atoms with Crippen molar-refractivity contribution in [2.45, 2.75) is 46.1 Å². The maximum Gasteiger partial charge on any atom is 0.342 e. The topological polar surface area (TPSA) is 94.1 Å². The average molecular weight is 403 g/mol. The van der Waals surface area contributed by atoms with Gasteiger partial charge in [0.15, 0.2) is 0 Å². The lowest BCUT2D eigenvalue weighted by molar-refractivity contribution is -0.121. The predicted molar refractivity (Wildman–Crippen MR) is 107 cm³/mol. The van der Waals surface area contributed by atoms with Gasteiger partial charge in [-0.3, -0.25) is 4.79 Å². The van der Waals surface area contributed by atoms with Crippen LogP contribution in [0.4, 0.5) is 0 Å². The van der Waals surface area contributed by atoms with E-state index in [0.29, 0.717) is 48.6 Å². The number of carbonyl (C=O) groups excluding carboxylic acids is 2. The summed E-state index contributed by atoms with van der Waals surface area (Å²) in [6.07, 6.45) is 4.40. The summed E-state index contributed by atoms with van der Waals surface area (Å²) in [5, 5.41) is 13.6. The summed E-state index contributed by atoms with van der Waals surface area (Å²) in [4.78, 5) is 24.0. The lowest BCUT2D eigenvalue weighted by Crippen LogP contribution is -2.29. The van der Waals surface area contributed by atoms with Gasteiger partial charge in [-0.1, -0.05) is 11.6 Å². The molecule has 0 aromatic heterocycles. The van der Waals surface area contributed by atoms with Gasteiger partial charge in [-0.2, -0.15) is 0 Å². The van der Waals surface area contributed by atoms with Gasteiger partial charge in [0.05, 0.1) is 13.7 Å². The van der Waals surface area contributed by atoms with Gasteiger partial charge in [0.2, 0.25) is 5.91 Å². The molecule has 0 aliphatic carbocycles. The number of cyclic esters (lactones) is 1. The molecule has 0 saturated carbocycles. The van der Waals surface area contributed by atoms with Crippen LogP contribution in [0.5, 0.6) is 11.5 Å². The minimum Gasteiger partial charge on any atom is -0.507 e. The smallest absolute Gasteiger partial charge is 0.342 e. The number of ether oxygens (including phenoxy) is 3. The van der Waals surface area contributed by atoms with Crippen molar-refractivity contribution in [1.29, 1.82) is 0 Å². The second kappa shape index (κ2) is 9.31. The molecule has 1 fully saturated rings. The highest BCUT2D eigenvalue weighted by Crippen LogP contribution is 2.42. The number of esters is 1. The zero-order chi connectivity index (χ0) is 21.0. The lowest BCUT2D eigenvalue weighted by Gasteiger charge is -2.15. The van der Waals surface area contributed by atoms with E-state index in [2.05, 4.69) is 5.32 Å². The maximum absolute atomic E-state index is 12.1. The van der Waals surface area contributed by atoms with Gasteiger partial charge < -0.3 is 24.6 Å². The molecule has 1 amide bonds. The highest BCUT2D eigenvalue weighted by atomic mass is 16.5. The number of benzene rings is 1. The van der Waals surface area contributed by atoms with Crippen LogP contribution in [0.25, 0.3) is 0 Å². The highest BCUT2D eigenvalue weighted by Gasteiger charge is 2.31. The molecule has 0 bridgehead atoms. The number of fused-ring (bicyclic) bond motifs is 1. The summed E-state index contributed by atoms with van der Waals surface area (Å²) >= 11 is 0. The van der Waals surface area contributed by atoms with Gasteiger partial charge in [-0.25, -0.2) is 4.79 Å². The molecule has 2 aliphatic rings. The van der Waals surface area contributed by atoms with E-state index in [0.717, 1.165) is 30.8 Å². The van der Waals surface area contributed by atoms with Crippen molar-refractivity contribution in [2.24, 2.45) is 5.92 Å². The monoisotopic (exact) mass is 403 g/mol. The first-order valence-corrected chi connectivity index (χ1v) is 10.0. The molecule has 2 heterocycles. The largest absolute Gasteiger partial charge is 0.507 e. The van der Waals surface area contributed by atoms with Crippen molar-refractivity contribution >= 4 is 11.9 Å². The predicted octanol–water partition coefficient (Wildman–Crippen LogP) is 2.80. The first kappa shape index (κ1) is 21.2. The van der Waals surface area contributed by atoms with Crippen LogP contribution in [0, 0.1) is 12.8 Å². The Labute approximate surface area is 171 Å². The summed E-state index contributed by atoms with van der Waals surface area (Å²) in [5.74, 6) is 0.433. The standard InChI is InChI=1S/C22H29NO6/c1-13(5-7-18(24)23-10-15-8-9-28-11-15)4-6-16-20(25)19-17(12-29-22(19)26)14(2)21(16)27-3/h4,15,25H,5-12H2,1-3H3,(H,23,24)/b13-4-. The van der Waals surface area contributed by atoms with Crippen LogP contribution in [0.15, 0.2) is 11.6 Å². The van der Waals surface area contributed by atoms with Gasteiger partial charge >= 0.3 is 5.97 Å². The highest BCUT2D eigenvalue weighted by molar-refractivity contribution is 5.98. The number of nitrogens with one attached hydrogen (secondary N) is 1. The molecule has 1 saturated heterocycles. The number of aromatic hydroxyl groups is 1. The molecule has 7 heteroatoms. The zero-order valence-corrected chi connectivity index (χ0v) is 17.3. The molecule has 1 aromatic rings. The lowest BCUT2D eigenvalue weighted by atomic mass is 9.94. The maximum atomic E-state index is 12.1. The van der Waals surface area contributed by atoms with Crippen LogP contribution in [0.1, 0.15) is 53.2 Å². The number of carbonyl (C=O) groups is 2. The third-order valence-electron chi connectivity index (χ3n) is 5.66. The Bertz CT molecular complexity index is 823. The van der Waals surface area contributed by atoms with E-state index in [4.69, 9.17) is 14.2 Å². The van der Waals surface area contributed by atoms with E-state index >= 15 is 0 Å². The number of methoxy groups -OCH3 is 1. The molecule has 1 atom stereocenters. The summed E-state index contributed by atoms with van der Waals surface area (Å²) in [6.45, 7) is 6.13. The minimum absolute atomic E-state index is 0.0289. The second-order valence-corrected chi connectivity index (χ2v) is 7.70. The van der Waals surface area contributed by atoms with E-state index in [1.807, 2.05) is 19.9 Å². The molecule has 29 heavy (non-hydrogen) atoms. The van der Waals surface area contributed by atoms with Crippen LogP contribution in [-0.4, -0.2) is 43.9 Å². The molecule has 1 aromatic carbocycles. The van der Waals surface area contributed by atoms with E-state index in [9.17, 15) is 14.7 Å². The Balaban J connectivity index is 1.61. The Morgan fingerprint density at radius 2 is 2.17 bits per heavy atom. The molecule has 158 valence electrons. The Morgan fingerprint density at radius 3 is 2.86 bits per heavy atom. The minimum atomic E-state index is -0.505. The molecule has 2 N–H and O–H groups in total. The normalized spacial score (nSPS) is 18.5. The number of phenolic OH excluding ortho intramolecular Hbond substituents is 1. The fourth-order valence-electron chi connectivity index (χ4n) is 3.81. The fourth-order valence-corrected chi connectivity index (χ4v) is 3.81. The second-order valence-electron chi connectivity index (χ2n) is 7.70. The van der Waals surface area contributed by atoms with Gasteiger partial charge in [0.1, 0.15) is 23.7 Å². The van der Waals surface area contributed by atoms with Crippen molar-refractivity contribution in [3.63, 3.8) is 0 Å². The Hall–Kier alpha value is -2.54. The van der Waals surface area contributed by atoms with Gasteiger partial charge in [-0.15, -0.1) is 0 Å². The Kier molecular flexibility index (Phi) is 6.79. The number of allylic oxidation sites excluding steroid dienone is 2. The molecule has 3 rings (SSSR count). The van der Waals surface area contributed by atoms with Gasteiger partial charge in [-0.05, 0) is 38.7 Å². The number of rotatable bonds is 8. The quantitative estimate of drug-likeness (QED) is 0.512. The summed E-state index contributed by atoms with van der Waals surface area (Å²) in [6, 6.07) is 0. The van der Waals surface area contributed by atoms with Crippen LogP contribution in [0.3, 0.4) is 0 Å². The van der Waals surface area contributed by atoms with Gasteiger partial charge in [0, 0.05) is 36.6 Å². The number of phenols is 1. The number of hydrogen-bond donors (Lipinski definition) is 2. The van der Waals surface area contributed by atoms with Crippen LogP contribution >= 0.6 is 0 Å². The SMILES string of the molecule is COc1c(C)c2c(c(O)c1C/C=C(/C)CCC(=O)NCC1CCOC1)C(=O)OC2. The molecule has 0 spiro atoms. The van der Waals surface area contributed by atoms with Crippen LogP contribution in [0.2, 0.25) is 0 Å². The summed E-state index contributed by atoms with van der Waals surface area (Å²) in [7, 11) is 1.55. The van der Waals surface area contributed by atoms with Crippen molar-refractivity contribution < 1.29 is 28.9 Å². The van der Waals surface area contributed by atoms with Crippen molar-refractivity contribution in [3.8, 4) is 11.5 Å². The first-order chi connectivity index (χ1) is 13.9. The molecule has 1 unspecified atom stereocenters. The molecular weight excluding hydrogens is 374 g/mol. The van der Waals surface area contributed by atoms with Crippen molar-refractivity contribution in [1.82, 2.24) is 5.32 Å². The van der Waals surface area contributed by atoms with Crippen molar-refractivity contribution in [2.75, 3.05) is 26.9 Å². The summed E-state index contributed by atoms with van der Waals surface area (Å²) < 4.78 is 15.9. The van der Waals surface area contributed by atoms with Crippen LogP contribution < -0.4 is 10.1 Å². The molecule has 2 aliphatic heterocycles. The van der Waals surface area contributed by atoms with E-state index < -0.39 is 5.97 Å². The third-order valence-corrected chi connectivity index (χ3v) is 5.66. The first-order valence-electron chi connectivity index (χ1n) is 10.0. The molecule has 0 radical (unpaired) electrons. The average Bonchev–Trinajstić information content (AvgIpc) is 3.36. The Morgan fingerprint density at radius 1 is 1.38 bits per heavy atom. The van der Waals surface area contributed by atoms with E-state index in [1.54, 1.807) is 7.11 Å². The molecule has 7 nitrogen and oxygen atoms in total. The zero-order valence-electron chi connectivity index (χ0n) is 17.3. The number of amides is 1.